The van der Waals surface area contributed by atoms with Crippen molar-refractivity contribution in [2.45, 2.75) is 44.4 Å². The molecule has 46 heavy (non-hydrogen) atoms. The Bertz CT molecular complexity index is 1590. The van der Waals surface area contributed by atoms with Crippen molar-refractivity contribution in [3.8, 4) is 28.4 Å². The number of nitrogens with one attached hydrogen (secondary N) is 1. The van der Waals surface area contributed by atoms with E-state index in [1.807, 2.05) is 31.3 Å². The maximum atomic E-state index is 14.4. The predicted octanol–water partition coefficient (Wildman–Crippen LogP) is 4.23. The third-order valence-electron chi connectivity index (χ3n) is 8.46. The number of ether oxygens (including phenoxy) is 2. The third-order valence-corrected chi connectivity index (χ3v) is 8.46. The molecule has 0 spiro atoms. The first-order valence-electron chi connectivity index (χ1n) is 15.0. The van der Waals surface area contributed by atoms with Gasteiger partial charge < -0.3 is 29.8 Å². The van der Waals surface area contributed by atoms with E-state index in [0.29, 0.717) is 41.9 Å². The number of aliphatic hydroxyl groups is 1. The molecule has 2 aliphatic rings. The molecule has 4 aromatic rings. The molecule has 2 aromatic carbocycles. The van der Waals surface area contributed by atoms with Gasteiger partial charge in [-0.1, -0.05) is 6.42 Å². The van der Waals surface area contributed by atoms with Crippen LogP contribution in [0.2, 0.25) is 0 Å². The minimum absolute atomic E-state index is 0. The van der Waals surface area contributed by atoms with E-state index in [0.717, 1.165) is 75.7 Å². The summed E-state index contributed by atoms with van der Waals surface area (Å²) in [4.78, 5) is 14.8. The number of aliphatic hydroxyl groups excluding tert-OH is 1. The molecule has 2 N–H and O–H groups in total. The van der Waals surface area contributed by atoms with E-state index in [2.05, 4.69) is 20.2 Å². The average molecular weight is 652 g/mol. The number of anilines is 1. The molecule has 0 amide bonds. The van der Waals surface area contributed by atoms with Crippen LogP contribution in [0.1, 0.15) is 37.7 Å². The average Bonchev–Trinajstić information content (AvgIpc) is 3.45. The summed E-state index contributed by atoms with van der Waals surface area (Å²) in [6.45, 7) is 2.90. The van der Waals surface area contributed by atoms with Gasteiger partial charge in [0.2, 0.25) is 0 Å². The van der Waals surface area contributed by atoms with Gasteiger partial charge in [-0.15, -0.1) is 13.1 Å². The van der Waals surface area contributed by atoms with Gasteiger partial charge in [-0.2, -0.15) is 13.2 Å². The molecule has 2 aromatic heterocycles. The van der Waals surface area contributed by atoms with Gasteiger partial charge in [0, 0.05) is 44.4 Å². The molecule has 8 nitrogen and oxygen atoms in total. The summed E-state index contributed by atoms with van der Waals surface area (Å²) < 4.78 is 66.7. The second kappa shape index (κ2) is 15.4. The summed E-state index contributed by atoms with van der Waals surface area (Å²) >= 11 is 0. The molecule has 242 valence electrons. The number of piperidine rings is 1. The largest absolute Gasteiger partial charge is 1.00 e. The van der Waals surface area contributed by atoms with Crippen molar-refractivity contribution in [2.24, 2.45) is 5.41 Å². The Hall–Kier alpha value is -2.74. The number of alkyl halides is 3. The van der Waals surface area contributed by atoms with Gasteiger partial charge in [0.25, 0.3) is 0 Å². The van der Waals surface area contributed by atoms with Crippen molar-refractivity contribution in [1.29, 1.82) is 0 Å². The number of rotatable bonds is 9. The van der Waals surface area contributed by atoms with Crippen molar-refractivity contribution in [1.82, 2.24) is 15.0 Å². The summed E-state index contributed by atoms with van der Waals surface area (Å²) in [5, 5.41) is 11.4. The van der Waals surface area contributed by atoms with E-state index >= 15 is 0 Å². The summed E-state index contributed by atoms with van der Waals surface area (Å²) in [6, 6.07) is 11.8. The van der Waals surface area contributed by atoms with Crippen LogP contribution < -0.4 is 39.2 Å². The van der Waals surface area contributed by atoms with Crippen LogP contribution in [0.4, 0.5) is 23.2 Å². The van der Waals surface area contributed by atoms with Crippen molar-refractivity contribution in [2.75, 3.05) is 52.4 Å². The molecule has 1 saturated heterocycles. The fourth-order valence-electron chi connectivity index (χ4n) is 6.11. The second-order valence-corrected chi connectivity index (χ2v) is 11.7. The monoisotopic (exact) mass is 651 g/mol. The molecule has 13 heteroatoms. The molecule has 1 aliphatic carbocycles. The summed E-state index contributed by atoms with van der Waals surface area (Å²) in [6.07, 6.45) is 0.398. The quantitative estimate of drug-likeness (QED) is 0.208. The van der Waals surface area contributed by atoms with Crippen LogP contribution in [0.5, 0.6) is 5.75 Å². The fourth-order valence-corrected chi connectivity index (χ4v) is 6.11. The Morgan fingerprint density at radius 1 is 1.02 bits per heavy atom. The molecule has 1 aliphatic heterocycles. The molecule has 3 heterocycles. The summed E-state index contributed by atoms with van der Waals surface area (Å²) in [5.41, 5.74) is 1.63. The molecule has 1 saturated carbocycles. The number of H-pyrrole nitrogens is 1. The minimum atomic E-state index is -4.70. The van der Waals surface area contributed by atoms with Gasteiger partial charge in [0.1, 0.15) is 22.9 Å². The first-order valence-corrected chi connectivity index (χ1v) is 15.0. The molecule has 6 rings (SSSR count). The Morgan fingerprint density at radius 3 is 2.33 bits per heavy atom. The van der Waals surface area contributed by atoms with E-state index in [1.54, 1.807) is 13.2 Å². The summed E-state index contributed by atoms with van der Waals surface area (Å²) in [5.74, 6) is 0.341. The minimum Gasteiger partial charge on any atom is -0.662 e. The van der Waals surface area contributed by atoms with Gasteiger partial charge in [0.15, 0.2) is 5.65 Å². The van der Waals surface area contributed by atoms with E-state index < -0.39 is 17.6 Å². The molecular formula is C33H38F4N5NaO3. The molecule has 0 bridgehead atoms. The third kappa shape index (κ3) is 8.21. The number of pyridine rings is 1. The standard InChI is InChI=1S/C32H34F4N5O2.CH4O.Na/c1-41(18-31(19-42-2)10-3-11-31)27-17-26(21-14-22(32(34,35)36)16-23(33)15-21)38-30-28(27)39-29(40-30)20-4-6-24(7-5-20)43-25-8-12-37-13-9-25;1-2;/h4-7,14-17,25H,3,8-13,18-19H2,1-2H3,(H,38,39,40);2H,1H3;/q-1;;+1. The first-order chi connectivity index (χ1) is 21.6. The van der Waals surface area contributed by atoms with Crippen molar-refractivity contribution in [3.05, 3.63) is 65.2 Å². The number of hydrogen-bond acceptors (Lipinski definition) is 6. The Labute approximate surface area is 288 Å². The smallest absolute Gasteiger partial charge is 0.662 e. The number of hydrogen-bond donors (Lipinski definition) is 2. The van der Waals surface area contributed by atoms with Gasteiger partial charge in [-0.05, 0) is 74.2 Å². The topological polar surface area (TPSA) is 97.6 Å². The van der Waals surface area contributed by atoms with Crippen LogP contribution in [0.15, 0.2) is 48.5 Å². The van der Waals surface area contributed by atoms with Crippen molar-refractivity contribution in [3.63, 3.8) is 0 Å². The van der Waals surface area contributed by atoms with Crippen molar-refractivity contribution < 1.29 is 61.7 Å². The zero-order valence-electron chi connectivity index (χ0n) is 26.6. The van der Waals surface area contributed by atoms with Crippen LogP contribution in [0.25, 0.3) is 39.1 Å². The van der Waals surface area contributed by atoms with Crippen LogP contribution in [-0.2, 0) is 10.9 Å². The predicted molar refractivity (Wildman–Crippen MR) is 166 cm³/mol. The Morgan fingerprint density at radius 2 is 1.72 bits per heavy atom. The van der Waals surface area contributed by atoms with Gasteiger partial charge in [-0.25, -0.2) is 14.4 Å². The van der Waals surface area contributed by atoms with Crippen LogP contribution in [0.3, 0.4) is 0 Å². The van der Waals surface area contributed by atoms with E-state index in [4.69, 9.17) is 19.6 Å². The SMILES string of the molecule is CO.COCC1(CN(C)c2cc(-c3cc(F)cc(C(F)(F)F)c3)nc3nc(-c4ccc(OC5CC[N-]CC5)cc4)[nH]c23)CCC1.[Na+]. The number of fused-ring (bicyclic) bond motifs is 1. The van der Waals surface area contributed by atoms with Crippen LogP contribution in [0, 0.1) is 11.2 Å². The maximum absolute atomic E-state index is 14.4. The van der Waals surface area contributed by atoms with Crippen LogP contribution in [-0.4, -0.2) is 73.7 Å². The van der Waals surface area contributed by atoms with E-state index in [9.17, 15) is 17.6 Å². The normalized spacial score (nSPS) is 16.2. The van der Waals surface area contributed by atoms with Gasteiger partial charge in [-0.3, -0.25) is 0 Å². The zero-order valence-corrected chi connectivity index (χ0v) is 28.6. The molecule has 2 fully saturated rings. The van der Waals surface area contributed by atoms with E-state index in [1.165, 1.54) is 0 Å². The number of imidazole rings is 1. The molecule has 0 radical (unpaired) electrons. The number of nitrogens with zero attached hydrogens (tertiary/aromatic N) is 4. The molecule has 0 unspecified atom stereocenters. The Kier molecular flexibility index (Phi) is 12.1. The maximum Gasteiger partial charge on any atom is 1.00 e. The summed E-state index contributed by atoms with van der Waals surface area (Å²) in [7, 11) is 4.62. The first kappa shape index (κ1) is 36.1. The molecular weight excluding hydrogens is 613 g/mol. The van der Waals surface area contributed by atoms with Crippen molar-refractivity contribution >= 4 is 16.9 Å². The number of aromatic amines is 1. The zero-order chi connectivity index (χ0) is 32.2. The number of aromatic nitrogens is 3. The Balaban J connectivity index is 0.00000157. The number of benzene rings is 2. The molecule has 0 atom stereocenters. The second-order valence-electron chi connectivity index (χ2n) is 11.7. The number of methoxy groups -OCH3 is 1. The number of halogens is 4. The van der Waals surface area contributed by atoms with Gasteiger partial charge in [0.05, 0.1) is 29.7 Å². The van der Waals surface area contributed by atoms with E-state index in [-0.39, 0.29) is 52.3 Å². The van der Waals surface area contributed by atoms with Gasteiger partial charge >= 0.3 is 35.7 Å². The van der Waals surface area contributed by atoms with Crippen LogP contribution >= 0.6 is 0 Å². The fraction of sp³-hybridized carbons (Fsp3) is 0.455.